The van der Waals surface area contributed by atoms with Gasteiger partial charge in [-0.3, -0.25) is 4.79 Å². The molecule has 0 fully saturated rings. The molecule has 2 unspecified atom stereocenters. The van der Waals surface area contributed by atoms with Crippen LogP contribution < -0.4 is 0 Å². The maximum atomic E-state index is 13.5. The molecule has 0 bridgehead atoms. The van der Waals surface area contributed by atoms with Crippen LogP contribution in [-0.4, -0.2) is 62.5 Å². The van der Waals surface area contributed by atoms with Crippen molar-refractivity contribution in [3.8, 4) is 11.8 Å². The predicted octanol–water partition coefficient (Wildman–Crippen LogP) is 14.2. The van der Waals surface area contributed by atoms with Crippen LogP contribution in [0.2, 0.25) is 49.9 Å². The largest absolute Gasteiger partial charge is 0.509 e. The van der Waals surface area contributed by atoms with Gasteiger partial charge in [-0.15, -0.1) is 0 Å². The van der Waals surface area contributed by atoms with Crippen LogP contribution in [0.1, 0.15) is 174 Å². The number of ether oxygens (including phenoxy) is 3. The zero-order valence-corrected chi connectivity index (χ0v) is 43.7. The molecule has 1 aliphatic rings. The second-order valence-electron chi connectivity index (χ2n) is 19.9. The highest BCUT2D eigenvalue weighted by Gasteiger charge is 2.51. The predicted molar refractivity (Wildman–Crippen MR) is 251 cm³/mol. The molecule has 0 radical (unpaired) electrons. The van der Waals surface area contributed by atoms with Crippen molar-refractivity contribution in [1.29, 1.82) is 0 Å². The van der Waals surface area contributed by atoms with E-state index in [1.807, 2.05) is 24.3 Å². The highest BCUT2D eigenvalue weighted by Crippen LogP contribution is 2.48. The monoisotopic (exact) mass is 875 g/mol. The molecule has 2 rings (SSSR count). The summed E-state index contributed by atoms with van der Waals surface area (Å²) < 4.78 is 39.8. The highest BCUT2D eigenvalue weighted by molar-refractivity contribution is 6.78. The minimum absolute atomic E-state index is 0.00554. The molecule has 1 aromatic rings. The summed E-state index contributed by atoms with van der Waals surface area (Å²) in [5.41, 5.74) is 4.91. The molecule has 0 saturated heterocycles. The summed E-state index contributed by atoms with van der Waals surface area (Å²) >= 11 is 0. The Balaban J connectivity index is 2.68. The minimum atomic E-state index is -2.43. The Labute approximate surface area is 364 Å². The van der Waals surface area contributed by atoms with E-state index >= 15 is 0 Å². The standard InChI is InChI=1S/C48H86O8Si3/c1-33(2)57(34(3)4,35(5)6)54-44-28-29-47(49)51-30-22-21-26-45(55-58(36(7)8,37(9)10)38(11)12)46(56-59(39(13)14,40(15)16)41(17)18)27-23-31-52-48(50)53-32-42-24-19-20-25-43(42)44/h19-20,24-25,33-41,44-46H,21-22,26,28-32H2,1-18H3/t44?,45?,46-/m0/s1. The number of hydrogen-bond acceptors (Lipinski definition) is 8. The van der Waals surface area contributed by atoms with E-state index in [0.29, 0.717) is 75.7 Å². The van der Waals surface area contributed by atoms with E-state index in [9.17, 15) is 9.59 Å². The van der Waals surface area contributed by atoms with Crippen LogP contribution in [0.25, 0.3) is 0 Å². The van der Waals surface area contributed by atoms with E-state index in [1.54, 1.807) is 0 Å². The summed E-state index contributed by atoms with van der Waals surface area (Å²) in [7, 11) is -7.19. The first kappa shape index (κ1) is 53.2. The van der Waals surface area contributed by atoms with Gasteiger partial charge in [-0.1, -0.05) is 161 Å². The Hall–Kier alpha value is -1.95. The van der Waals surface area contributed by atoms with Crippen molar-refractivity contribution < 1.29 is 37.1 Å². The van der Waals surface area contributed by atoms with E-state index in [2.05, 4.69) is 136 Å². The number of cyclic esters (lactones) is 3. The van der Waals surface area contributed by atoms with E-state index in [4.69, 9.17) is 27.5 Å². The quantitative estimate of drug-likeness (QED) is 0.0978. The number of esters is 1. The molecule has 0 aliphatic carbocycles. The summed E-state index contributed by atoms with van der Waals surface area (Å²) in [5.74, 6) is 6.44. The van der Waals surface area contributed by atoms with Crippen molar-refractivity contribution in [2.75, 3.05) is 13.2 Å². The van der Waals surface area contributed by atoms with Crippen molar-refractivity contribution >= 4 is 37.1 Å². The van der Waals surface area contributed by atoms with Crippen molar-refractivity contribution in [2.24, 2.45) is 0 Å². The van der Waals surface area contributed by atoms with Gasteiger partial charge in [0.2, 0.25) is 25.0 Å². The van der Waals surface area contributed by atoms with Gasteiger partial charge in [0, 0.05) is 6.42 Å². The van der Waals surface area contributed by atoms with Gasteiger partial charge in [0.1, 0.15) is 12.7 Å². The first-order valence-corrected chi connectivity index (χ1v) is 29.5. The summed E-state index contributed by atoms with van der Waals surface area (Å²) in [4.78, 5) is 26.7. The third kappa shape index (κ3) is 13.3. The van der Waals surface area contributed by atoms with Crippen LogP contribution in [0.5, 0.6) is 0 Å². The van der Waals surface area contributed by atoms with E-state index in [1.165, 1.54) is 0 Å². The summed E-state index contributed by atoms with van der Waals surface area (Å²) in [5, 5.41) is 0. The van der Waals surface area contributed by atoms with Crippen molar-refractivity contribution in [3.63, 3.8) is 0 Å². The second-order valence-corrected chi connectivity index (χ2v) is 36.1. The summed E-state index contributed by atoms with van der Waals surface area (Å²) in [6, 6.07) is 7.89. The number of carbonyl (C=O) groups excluding carboxylic acids is 2. The van der Waals surface area contributed by atoms with Crippen LogP contribution in [0.4, 0.5) is 4.79 Å². The normalized spacial score (nSPS) is 20.4. The number of fused-ring (bicyclic) bond motifs is 1. The van der Waals surface area contributed by atoms with Crippen LogP contribution in [0.15, 0.2) is 24.3 Å². The third-order valence-electron chi connectivity index (χ3n) is 13.5. The molecular weight excluding hydrogens is 789 g/mol. The molecule has 338 valence electrons. The summed E-state index contributed by atoms with van der Waals surface area (Å²) in [6.45, 7) is 41.3. The molecule has 0 aromatic heterocycles. The molecule has 1 aromatic carbocycles. The van der Waals surface area contributed by atoms with Crippen molar-refractivity contribution in [1.82, 2.24) is 0 Å². The lowest BCUT2D eigenvalue weighted by Crippen LogP contribution is -2.56. The zero-order valence-electron chi connectivity index (χ0n) is 40.7. The number of rotatable bonds is 15. The molecule has 0 spiro atoms. The Morgan fingerprint density at radius 3 is 1.56 bits per heavy atom. The van der Waals surface area contributed by atoms with Gasteiger partial charge >= 0.3 is 12.1 Å². The molecule has 0 saturated carbocycles. The Bertz CT molecular complexity index is 1430. The first-order chi connectivity index (χ1) is 27.5. The van der Waals surface area contributed by atoms with Crippen LogP contribution in [0, 0.1) is 11.8 Å². The molecule has 1 aliphatic heterocycles. The van der Waals surface area contributed by atoms with Gasteiger partial charge in [0.15, 0.2) is 6.61 Å². The fourth-order valence-electron chi connectivity index (χ4n) is 11.1. The Morgan fingerprint density at radius 2 is 1.05 bits per heavy atom. The van der Waals surface area contributed by atoms with Crippen LogP contribution in [0.3, 0.4) is 0 Å². The number of hydrogen-bond donors (Lipinski definition) is 0. The second kappa shape index (κ2) is 24.0. The van der Waals surface area contributed by atoms with Gasteiger partial charge in [0.05, 0.1) is 18.8 Å². The smallest absolute Gasteiger partial charge is 0.466 e. The molecule has 0 amide bonds. The fourth-order valence-corrected chi connectivity index (χ4v) is 27.7. The number of carbonyl (C=O) groups is 2. The molecule has 11 heteroatoms. The molecule has 8 nitrogen and oxygen atoms in total. The molecule has 0 N–H and O–H groups in total. The highest BCUT2D eigenvalue weighted by atomic mass is 28.4. The lowest BCUT2D eigenvalue weighted by Gasteiger charge is -2.48. The van der Waals surface area contributed by atoms with Gasteiger partial charge in [-0.05, 0) is 86.7 Å². The van der Waals surface area contributed by atoms with Gasteiger partial charge in [-0.2, -0.15) is 0 Å². The Morgan fingerprint density at radius 1 is 0.576 bits per heavy atom. The van der Waals surface area contributed by atoms with Gasteiger partial charge < -0.3 is 27.5 Å². The van der Waals surface area contributed by atoms with Crippen molar-refractivity contribution in [2.45, 2.75) is 232 Å². The first-order valence-electron chi connectivity index (χ1n) is 23.1. The van der Waals surface area contributed by atoms with E-state index < -0.39 is 37.2 Å². The molecule has 59 heavy (non-hydrogen) atoms. The van der Waals surface area contributed by atoms with Gasteiger partial charge in [0.25, 0.3) is 0 Å². The summed E-state index contributed by atoms with van der Waals surface area (Å²) in [6.07, 6.45) is 0.893. The molecule has 1 heterocycles. The molecular formula is C48H86O8Si3. The average Bonchev–Trinajstić information content (AvgIpc) is 3.13. The van der Waals surface area contributed by atoms with Gasteiger partial charge in [-0.25, -0.2) is 4.79 Å². The maximum absolute atomic E-state index is 13.5. The van der Waals surface area contributed by atoms with E-state index in [-0.39, 0.29) is 37.8 Å². The average molecular weight is 875 g/mol. The maximum Gasteiger partial charge on any atom is 0.509 e. The zero-order chi connectivity index (χ0) is 44.9. The fraction of sp³-hybridized carbons (Fsp3) is 0.792. The van der Waals surface area contributed by atoms with E-state index in [0.717, 1.165) is 17.5 Å². The minimum Gasteiger partial charge on any atom is -0.466 e. The molecule has 3 atom stereocenters. The van der Waals surface area contributed by atoms with Crippen LogP contribution >= 0.6 is 0 Å². The SMILES string of the molecule is CC(C)[Si](OC1CCC(=O)OCCCCC(O[Si](C(C)C)(C(C)C)C(C)C)[C@@H](O[Si](C(C)C)(C(C)C)C(C)C)C#CCOC(=O)OCc2ccccc21)(C(C)C)C(C)C. The lowest BCUT2D eigenvalue weighted by atomic mass is 9.99. The third-order valence-corrected chi connectivity index (χ3v) is 31.8. The van der Waals surface area contributed by atoms with Crippen molar-refractivity contribution in [3.05, 3.63) is 35.4 Å². The topological polar surface area (TPSA) is 89.5 Å². The number of benzene rings is 1. The Kier molecular flexibility index (Phi) is 21.7. The lowest BCUT2D eigenvalue weighted by molar-refractivity contribution is -0.144. The van der Waals surface area contributed by atoms with Crippen LogP contribution in [-0.2, 0) is 38.9 Å².